The molecule has 5 nitrogen and oxygen atoms in total. The number of halogens is 3. The molecule has 0 N–H and O–H groups in total. The second-order valence-electron chi connectivity index (χ2n) is 8.64. The van der Waals surface area contributed by atoms with Gasteiger partial charge >= 0.3 is 6.18 Å². The fourth-order valence-corrected chi connectivity index (χ4v) is 4.27. The minimum absolute atomic E-state index is 0.110. The standard InChI is InChI=1S/C28H24F3N3O2/c29-28(30,31)22-5-3-6-24(18-22)33-14-16-34(17-15-33)27(35)21-9-12-25(13-10-21)36-19-23-11-8-20-4-1-2-7-26(20)32-23/h1-13,18H,14-17,19H2. The molecule has 1 saturated heterocycles. The van der Waals surface area contributed by atoms with Gasteiger partial charge in [0.25, 0.3) is 5.91 Å². The number of nitrogens with zero attached hydrogens (tertiary/aromatic N) is 3. The lowest BCUT2D eigenvalue weighted by Gasteiger charge is -2.36. The molecule has 1 fully saturated rings. The Morgan fingerprint density at radius 2 is 1.61 bits per heavy atom. The topological polar surface area (TPSA) is 45.7 Å². The Kier molecular flexibility index (Phi) is 6.50. The van der Waals surface area contributed by atoms with Gasteiger partial charge in [0, 0.05) is 42.8 Å². The van der Waals surface area contributed by atoms with Gasteiger partial charge in [0.1, 0.15) is 12.4 Å². The first-order valence-electron chi connectivity index (χ1n) is 11.7. The Morgan fingerprint density at radius 3 is 2.36 bits per heavy atom. The summed E-state index contributed by atoms with van der Waals surface area (Å²) in [5.41, 5.74) is 2.11. The van der Waals surface area contributed by atoms with E-state index in [1.54, 1.807) is 35.2 Å². The number of fused-ring (bicyclic) bond motifs is 1. The Hall–Kier alpha value is -4.07. The van der Waals surface area contributed by atoms with Gasteiger partial charge in [-0.15, -0.1) is 0 Å². The molecule has 0 spiro atoms. The third-order valence-corrected chi connectivity index (χ3v) is 6.25. The van der Waals surface area contributed by atoms with Gasteiger partial charge in [0.05, 0.1) is 16.8 Å². The molecular formula is C28H24F3N3O2. The van der Waals surface area contributed by atoms with Crippen molar-refractivity contribution >= 4 is 22.5 Å². The van der Waals surface area contributed by atoms with Crippen molar-refractivity contribution in [3.8, 4) is 5.75 Å². The van der Waals surface area contributed by atoms with E-state index in [0.29, 0.717) is 49.8 Å². The van der Waals surface area contributed by atoms with E-state index < -0.39 is 11.7 Å². The van der Waals surface area contributed by atoms with Crippen molar-refractivity contribution in [3.63, 3.8) is 0 Å². The number of carbonyl (C=O) groups is 1. The number of benzene rings is 3. The van der Waals surface area contributed by atoms with Crippen LogP contribution in [-0.2, 0) is 12.8 Å². The van der Waals surface area contributed by atoms with E-state index >= 15 is 0 Å². The van der Waals surface area contributed by atoms with Gasteiger partial charge < -0.3 is 14.5 Å². The molecule has 0 aliphatic carbocycles. The highest BCUT2D eigenvalue weighted by Gasteiger charge is 2.31. The van der Waals surface area contributed by atoms with Gasteiger partial charge in [-0.1, -0.05) is 30.3 Å². The molecule has 0 atom stereocenters. The van der Waals surface area contributed by atoms with E-state index in [9.17, 15) is 18.0 Å². The molecule has 1 aliphatic rings. The summed E-state index contributed by atoms with van der Waals surface area (Å²) < 4.78 is 44.9. The molecule has 36 heavy (non-hydrogen) atoms. The number of alkyl halides is 3. The summed E-state index contributed by atoms with van der Waals surface area (Å²) in [4.78, 5) is 21.1. The second kappa shape index (κ2) is 9.89. The average Bonchev–Trinajstić information content (AvgIpc) is 2.91. The van der Waals surface area contributed by atoms with Crippen LogP contribution in [0.2, 0.25) is 0 Å². The van der Waals surface area contributed by atoms with Gasteiger partial charge in [-0.25, -0.2) is 4.98 Å². The molecule has 0 bridgehead atoms. The molecule has 1 aliphatic heterocycles. The lowest BCUT2D eigenvalue weighted by atomic mass is 10.1. The summed E-state index contributed by atoms with van der Waals surface area (Å²) in [6.45, 7) is 2.11. The lowest BCUT2D eigenvalue weighted by Crippen LogP contribution is -2.48. The maximum atomic E-state index is 13.0. The largest absolute Gasteiger partial charge is 0.487 e. The molecule has 3 aromatic carbocycles. The molecule has 184 valence electrons. The molecule has 0 radical (unpaired) electrons. The van der Waals surface area contributed by atoms with Crippen LogP contribution in [-0.4, -0.2) is 42.0 Å². The van der Waals surface area contributed by atoms with Crippen molar-refractivity contribution < 1.29 is 22.7 Å². The number of ether oxygens (including phenoxy) is 1. The van der Waals surface area contributed by atoms with Gasteiger partial charge in [-0.3, -0.25) is 4.79 Å². The Morgan fingerprint density at radius 1 is 0.861 bits per heavy atom. The highest BCUT2D eigenvalue weighted by atomic mass is 19.4. The van der Waals surface area contributed by atoms with E-state index in [2.05, 4.69) is 4.98 Å². The van der Waals surface area contributed by atoms with E-state index in [4.69, 9.17) is 4.74 Å². The summed E-state index contributed by atoms with van der Waals surface area (Å²) in [5, 5.41) is 1.07. The maximum absolute atomic E-state index is 13.0. The van der Waals surface area contributed by atoms with Gasteiger partial charge in [0.2, 0.25) is 0 Å². The van der Waals surface area contributed by atoms with Crippen LogP contribution in [0.4, 0.5) is 18.9 Å². The summed E-state index contributed by atoms with van der Waals surface area (Å²) >= 11 is 0. The van der Waals surface area contributed by atoms with Crippen LogP contribution in [0.15, 0.2) is 84.9 Å². The maximum Gasteiger partial charge on any atom is 0.416 e. The normalized spacial score (nSPS) is 14.2. The Bertz CT molecular complexity index is 1360. The molecule has 8 heteroatoms. The number of para-hydroxylation sites is 1. The van der Waals surface area contributed by atoms with E-state index in [1.165, 1.54) is 6.07 Å². The third kappa shape index (κ3) is 5.27. The highest BCUT2D eigenvalue weighted by molar-refractivity contribution is 5.94. The molecule has 0 unspecified atom stereocenters. The summed E-state index contributed by atoms with van der Waals surface area (Å²) in [7, 11) is 0. The first-order chi connectivity index (χ1) is 17.4. The van der Waals surface area contributed by atoms with Crippen LogP contribution in [0.1, 0.15) is 21.6 Å². The third-order valence-electron chi connectivity index (χ3n) is 6.25. The van der Waals surface area contributed by atoms with Crippen molar-refractivity contribution in [2.24, 2.45) is 0 Å². The Labute approximate surface area is 206 Å². The minimum atomic E-state index is -4.38. The van der Waals surface area contributed by atoms with Crippen LogP contribution in [0, 0.1) is 0 Å². The van der Waals surface area contributed by atoms with E-state index in [0.717, 1.165) is 28.7 Å². The number of carbonyl (C=O) groups excluding carboxylic acids is 1. The zero-order chi connectivity index (χ0) is 25.1. The number of amides is 1. The van der Waals surface area contributed by atoms with Crippen LogP contribution in [0.5, 0.6) is 5.75 Å². The summed E-state index contributed by atoms with van der Waals surface area (Å²) in [6, 6.07) is 24.1. The smallest absolute Gasteiger partial charge is 0.416 e. The van der Waals surface area contributed by atoms with Crippen LogP contribution < -0.4 is 9.64 Å². The second-order valence-corrected chi connectivity index (χ2v) is 8.64. The van der Waals surface area contributed by atoms with E-state index in [1.807, 2.05) is 41.3 Å². The zero-order valence-electron chi connectivity index (χ0n) is 19.4. The van der Waals surface area contributed by atoms with Crippen molar-refractivity contribution in [1.29, 1.82) is 0 Å². The average molecular weight is 492 g/mol. The van der Waals surface area contributed by atoms with Gasteiger partial charge in [0.15, 0.2) is 0 Å². The van der Waals surface area contributed by atoms with Crippen molar-refractivity contribution in [2.45, 2.75) is 12.8 Å². The molecular weight excluding hydrogens is 467 g/mol. The lowest BCUT2D eigenvalue weighted by molar-refractivity contribution is -0.137. The Balaban J connectivity index is 1.16. The van der Waals surface area contributed by atoms with Crippen molar-refractivity contribution in [2.75, 3.05) is 31.1 Å². The van der Waals surface area contributed by atoms with Gasteiger partial charge in [-0.05, 0) is 54.6 Å². The molecule has 1 aromatic heterocycles. The first kappa shape index (κ1) is 23.7. The van der Waals surface area contributed by atoms with Crippen LogP contribution >= 0.6 is 0 Å². The number of pyridine rings is 1. The highest BCUT2D eigenvalue weighted by Crippen LogP contribution is 2.32. The number of rotatable bonds is 5. The van der Waals surface area contributed by atoms with Gasteiger partial charge in [-0.2, -0.15) is 13.2 Å². The molecule has 2 heterocycles. The van der Waals surface area contributed by atoms with Crippen LogP contribution in [0.25, 0.3) is 10.9 Å². The van der Waals surface area contributed by atoms with Crippen molar-refractivity contribution in [1.82, 2.24) is 9.88 Å². The molecule has 5 rings (SSSR count). The van der Waals surface area contributed by atoms with E-state index in [-0.39, 0.29) is 5.91 Å². The minimum Gasteiger partial charge on any atom is -0.487 e. The first-order valence-corrected chi connectivity index (χ1v) is 11.7. The molecule has 0 saturated carbocycles. The summed E-state index contributed by atoms with van der Waals surface area (Å²) in [6.07, 6.45) is -4.38. The number of anilines is 1. The number of hydrogen-bond acceptors (Lipinski definition) is 4. The monoisotopic (exact) mass is 491 g/mol. The number of aromatic nitrogens is 1. The predicted octanol–water partition coefficient (Wildman–Crippen LogP) is 5.80. The quantitative estimate of drug-likeness (QED) is 0.354. The number of piperazine rings is 1. The van der Waals surface area contributed by atoms with Crippen LogP contribution in [0.3, 0.4) is 0 Å². The summed E-state index contributed by atoms with van der Waals surface area (Å²) in [5.74, 6) is 0.525. The number of hydrogen-bond donors (Lipinski definition) is 0. The predicted molar refractivity (Wildman–Crippen MR) is 132 cm³/mol. The fraction of sp³-hybridized carbons (Fsp3) is 0.214. The SMILES string of the molecule is O=C(c1ccc(OCc2ccc3ccccc3n2)cc1)N1CCN(c2cccc(C(F)(F)F)c2)CC1. The molecule has 4 aromatic rings. The zero-order valence-corrected chi connectivity index (χ0v) is 19.4. The van der Waals surface area contributed by atoms with Crippen molar-refractivity contribution in [3.05, 3.63) is 102 Å². The molecule has 1 amide bonds. The fourth-order valence-electron chi connectivity index (χ4n) is 4.27.